The average molecular weight is 241 g/mol. The molecule has 0 aliphatic carbocycles. The van der Waals surface area contributed by atoms with Crippen molar-refractivity contribution in [2.24, 2.45) is 5.73 Å². The highest BCUT2D eigenvalue weighted by Gasteiger charge is 2.14. The monoisotopic (exact) mass is 241 g/mol. The van der Waals surface area contributed by atoms with Crippen LogP contribution in [0, 0.1) is 11.6 Å². The van der Waals surface area contributed by atoms with Gasteiger partial charge in [0.05, 0.1) is 0 Å². The zero-order chi connectivity index (χ0) is 11.7. The van der Waals surface area contributed by atoms with E-state index in [0.717, 1.165) is 23.5 Å². The van der Waals surface area contributed by atoms with Crippen LogP contribution in [-0.2, 0) is 0 Å². The van der Waals surface area contributed by atoms with Gasteiger partial charge in [-0.1, -0.05) is 11.3 Å². The molecule has 2 rings (SSSR count). The normalized spacial score (nSPS) is 10.4. The molecule has 0 bridgehead atoms. The molecule has 1 amide bonds. The first-order valence-electron chi connectivity index (χ1n) is 4.16. The second-order valence-electron chi connectivity index (χ2n) is 2.90. The van der Waals surface area contributed by atoms with Crippen LogP contribution in [0.2, 0.25) is 0 Å². The Morgan fingerprint density at radius 1 is 1.31 bits per heavy atom. The first kappa shape index (κ1) is 10.6. The number of amides is 1. The van der Waals surface area contributed by atoms with Gasteiger partial charge in [-0.2, -0.15) is 0 Å². The molecule has 82 valence electrons. The van der Waals surface area contributed by atoms with E-state index in [-0.39, 0.29) is 15.6 Å². The number of hydrogen-bond donors (Lipinski definition) is 1. The Hall–Kier alpha value is -1.89. The third-order valence-electron chi connectivity index (χ3n) is 1.80. The Morgan fingerprint density at radius 3 is 2.62 bits per heavy atom. The summed E-state index contributed by atoms with van der Waals surface area (Å²) in [6.45, 7) is 0. The van der Waals surface area contributed by atoms with Crippen molar-refractivity contribution in [1.82, 2.24) is 10.2 Å². The molecule has 16 heavy (non-hydrogen) atoms. The Kier molecular flexibility index (Phi) is 2.61. The predicted octanol–water partition coefficient (Wildman–Crippen LogP) is 1.58. The fourth-order valence-corrected chi connectivity index (χ4v) is 1.82. The van der Waals surface area contributed by atoms with Crippen LogP contribution in [0.4, 0.5) is 8.78 Å². The third kappa shape index (κ3) is 1.89. The minimum atomic E-state index is -0.757. The lowest BCUT2D eigenvalue weighted by Crippen LogP contribution is -2.10. The van der Waals surface area contributed by atoms with Gasteiger partial charge in [-0.3, -0.25) is 4.79 Å². The Balaban J connectivity index is 2.46. The minimum absolute atomic E-state index is 0.0151. The summed E-state index contributed by atoms with van der Waals surface area (Å²) in [6, 6.07) is 3.07. The van der Waals surface area contributed by atoms with Crippen molar-refractivity contribution in [2.45, 2.75) is 0 Å². The van der Waals surface area contributed by atoms with E-state index in [9.17, 15) is 13.6 Å². The van der Waals surface area contributed by atoms with E-state index < -0.39 is 17.5 Å². The molecule has 0 atom stereocenters. The van der Waals surface area contributed by atoms with Gasteiger partial charge >= 0.3 is 0 Å². The van der Waals surface area contributed by atoms with Crippen LogP contribution in [0.15, 0.2) is 18.2 Å². The number of nitrogens with zero attached hydrogens (tertiary/aromatic N) is 2. The third-order valence-corrected chi connectivity index (χ3v) is 2.77. The summed E-state index contributed by atoms with van der Waals surface area (Å²) < 4.78 is 26.0. The van der Waals surface area contributed by atoms with Crippen molar-refractivity contribution in [3.8, 4) is 10.6 Å². The summed E-state index contributed by atoms with van der Waals surface area (Å²) in [6.07, 6.45) is 0. The fourth-order valence-electron chi connectivity index (χ4n) is 1.09. The van der Waals surface area contributed by atoms with Crippen molar-refractivity contribution in [3.05, 3.63) is 34.8 Å². The molecule has 7 heteroatoms. The second-order valence-corrected chi connectivity index (χ2v) is 3.88. The van der Waals surface area contributed by atoms with Gasteiger partial charge in [0.1, 0.15) is 11.6 Å². The lowest BCUT2D eigenvalue weighted by atomic mass is 10.2. The first-order chi connectivity index (χ1) is 7.58. The maximum Gasteiger partial charge on any atom is 0.279 e. The molecule has 0 aliphatic rings. The highest BCUT2D eigenvalue weighted by molar-refractivity contribution is 7.16. The minimum Gasteiger partial charge on any atom is -0.363 e. The van der Waals surface area contributed by atoms with Gasteiger partial charge in [-0.15, -0.1) is 10.2 Å². The van der Waals surface area contributed by atoms with Crippen LogP contribution in [-0.4, -0.2) is 16.1 Å². The Labute approximate surface area is 92.7 Å². The number of nitrogens with two attached hydrogens (primary N) is 1. The molecular weight excluding hydrogens is 236 g/mol. The standard InChI is InChI=1S/C9H5F2N3OS/c10-4-1-2-5(6(11)3-4)8-13-14-9(16-8)7(12)15/h1-3H,(H2,12,15). The number of carbonyl (C=O) groups excluding carboxylic acids is 1. The smallest absolute Gasteiger partial charge is 0.279 e. The zero-order valence-corrected chi connectivity index (χ0v) is 8.59. The van der Waals surface area contributed by atoms with Crippen molar-refractivity contribution in [1.29, 1.82) is 0 Å². The molecule has 0 radical (unpaired) electrons. The van der Waals surface area contributed by atoms with E-state index in [4.69, 9.17) is 5.73 Å². The Morgan fingerprint density at radius 2 is 2.06 bits per heavy atom. The number of rotatable bonds is 2. The molecule has 4 nitrogen and oxygen atoms in total. The van der Waals surface area contributed by atoms with E-state index in [0.29, 0.717) is 0 Å². The molecular formula is C9H5F2N3OS. The van der Waals surface area contributed by atoms with Gasteiger partial charge in [0.25, 0.3) is 5.91 Å². The van der Waals surface area contributed by atoms with Gasteiger partial charge < -0.3 is 5.73 Å². The molecule has 1 aromatic heterocycles. The topological polar surface area (TPSA) is 68.9 Å². The fraction of sp³-hybridized carbons (Fsp3) is 0. The van der Waals surface area contributed by atoms with Gasteiger partial charge in [0.2, 0.25) is 5.01 Å². The van der Waals surface area contributed by atoms with Crippen molar-refractivity contribution in [2.75, 3.05) is 0 Å². The number of carbonyl (C=O) groups is 1. The van der Waals surface area contributed by atoms with Crippen LogP contribution in [0.3, 0.4) is 0 Å². The SMILES string of the molecule is NC(=O)c1nnc(-c2ccc(F)cc2F)s1. The van der Waals surface area contributed by atoms with Gasteiger partial charge in [0, 0.05) is 11.6 Å². The zero-order valence-electron chi connectivity index (χ0n) is 7.78. The van der Waals surface area contributed by atoms with Crippen LogP contribution in [0.25, 0.3) is 10.6 Å². The van der Waals surface area contributed by atoms with Gasteiger partial charge in [-0.25, -0.2) is 8.78 Å². The maximum absolute atomic E-state index is 13.3. The lowest BCUT2D eigenvalue weighted by Gasteiger charge is -1.96. The number of hydrogen-bond acceptors (Lipinski definition) is 4. The molecule has 1 heterocycles. The highest BCUT2D eigenvalue weighted by atomic mass is 32.1. The van der Waals surface area contributed by atoms with E-state index in [1.807, 2.05) is 0 Å². The summed E-state index contributed by atoms with van der Waals surface area (Å²) in [7, 11) is 0. The van der Waals surface area contributed by atoms with Crippen LogP contribution in [0.5, 0.6) is 0 Å². The molecule has 0 aliphatic heterocycles. The molecule has 2 N–H and O–H groups in total. The summed E-state index contributed by atoms with van der Waals surface area (Å²) in [5, 5.41) is 7.26. The van der Waals surface area contributed by atoms with Crippen LogP contribution in [0.1, 0.15) is 9.80 Å². The van der Waals surface area contributed by atoms with Crippen molar-refractivity contribution < 1.29 is 13.6 Å². The predicted molar refractivity (Wildman–Crippen MR) is 53.8 cm³/mol. The van der Waals surface area contributed by atoms with Gasteiger partial charge in [-0.05, 0) is 12.1 Å². The van der Waals surface area contributed by atoms with Crippen molar-refractivity contribution in [3.63, 3.8) is 0 Å². The van der Waals surface area contributed by atoms with E-state index in [1.165, 1.54) is 6.07 Å². The lowest BCUT2D eigenvalue weighted by molar-refractivity contribution is 0.0999. The molecule has 0 spiro atoms. The molecule has 0 saturated heterocycles. The molecule has 0 unspecified atom stereocenters. The van der Waals surface area contributed by atoms with Crippen LogP contribution >= 0.6 is 11.3 Å². The number of benzene rings is 1. The van der Waals surface area contributed by atoms with Crippen LogP contribution < -0.4 is 5.73 Å². The maximum atomic E-state index is 13.3. The largest absolute Gasteiger partial charge is 0.363 e. The van der Waals surface area contributed by atoms with Gasteiger partial charge in [0.15, 0.2) is 5.01 Å². The number of primary amides is 1. The average Bonchev–Trinajstić information content (AvgIpc) is 2.66. The molecule has 2 aromatic rings. The van der Waals surface area contributed by atoms with E-state index in [2.05, 4.69) is 10.2 Å². The highest BCUT2D eigenvalue weighted by Crippen LogP contribution is 2.26. The summed E-state index contributed by atoms with van der Waals surface area (Å²) >= 11 is 0.855. The van der Waals surface area contributed by atoms with Crippen molar-refractivity contribution >= 4 is 17.2 Å². The number of halogens is 2. The van der Waals surface area contributed by atoms with E-state index >= 15 is 0 Å². The van der Waals surface area contributed by atoms with E-state index in [1.54, 1.807) is 0 Å². The number of aromatic nitrogens is 2. The summed E-state index contributed by atoms with van der Waals surface area (Å²) in [4.78, 5) is 10.8. The molecule has 1 aromatic carbocycles. The first-order valence-corrected chi connectivity index (χ1v) is 4.98. The quantitative estimate of drug-likeness (QED) is 0.867. The second kappa shape index (κ2) is 3.93. The summed E-state index contributed by atoms with van der Waals surface area (Å²) in [5.74, 6) is -2.17. The molecule has 0 fully saturated rings. The summed E-state index contributed by atoms with van der Waals surface area (Å²) in [5.41, 5.74) is 5.07. The molecule has 0 saturated carbocycles. The Bertz CT molecular complexity index is 555.